The molecular formula is C52H34N2S. The molecule has 0 spiro atoms. The summed E-state index contributed by atoms with van der Waals surface area (Å²) >= 11 is 1.86. The molecule has 258 valence electrons. The zero-order valence-electron chi connectivity index (χ0n) is 29.9. The van der Waals surface area contributed by atoms with Gasteiger partial charge in [-0.15, -0.1) is 11.3 Å². The van der Waals surface area contributed by atoms with Crippen LogP contribution in [-0.2, 0) is 0 Å². The minimum absolute atomic E-state index is 1.09. The number of benzene rings is 9. The number of rotatable bonds is 6. The number of thiophene rings is 1. The summed E-state index contributed by atoms with van der Waals surface area (Å²) < 4.78 is 5.06. The van der Waals surface area contributed by atoms with Crippen LogP contribution in [0.3, 0.4) is 0 Å². The predicted molar refractivity (Wildman–Crippen MR) is 237 cm³/mol. The highest BCUT2D eigenvalue weighted by Gasteiger charge is 2.23. The summed E-state index contributed by atoms with van der Waals surface area (Å²) in [7, 11) is 0. The molecule has 2 aromatic heterocycles. The minimum Gasteiger partial charge on any atom is -0.308 e. The van der Waals surface area contributed by atoms with E-state index >= 15 is 0 Å². The van der Waals surface area contributed by atoms with Crippen molar-refractivity contribution in [2.45, 2.75) is 0 Å². The quantitative estimate of drug-likeness (QED) is 0.166. The first-order chi connectivity index (χ1) is 27.3. The molecule has 0 radical (unpaired) electrons. The lowest BCUT2D eigenvalue weighted by Gasteiger charge is -2.30. The van der Waals surface area contributed by atoms with Crippen LogP contribution in [0.5, 0.6) is 0 Å². The molecule has 0 saturated heterocycles. The fourth-order valence-electron chi connectivity index (χ4n) is 8.53. The first-order valence-corrected chi connectivity index (χ1v) is 19.6. The lowest BCUT2D eigenvalue weighted by atomic mass is 9.97. The highest BCUT2D eigenvalue weighted by molar-refractivity contribution is 7.25. The van der Waals surface area contributed by atoms with E-state index in [4.69, 9.17) is 0 Å². The van der Waals surface area contributed by atoms with Gasteiger partial charge in [-0.25, -0.2) is 0 Å². The van der Waals surface area contributed by atoms with Gasteiger partial charge >= 0.3 is 0 Å². The number of fused-ring (bicyclic) bond motifs is 7. The predicted octanol–water partition coefficient (Wildman–Crippen LogP) is 15.1. The Morgan fingerprint density at radius 2 is 0.945 bits per heavy atom. The Bertz CT molecular complexity index is 3180. The van der Waals surface area contributed by atoms with Crippen LogP contribution in [0, 0.1) is 0 Å². The Hall–Kier alpha value is -6.94. The fourth-order valence-corrected chi connectivity index (χ4v) is 9.61. The summed E-state index contributed by atoms with van der Waals surface area (Å²) in [5.74, 6) is 0. The van der Waals surface area contributed by atoms with Crippen LogP contribution in [0.15, 0.2) is 206 Å². The summed E-state index contributed by atoms with van der Waals surface area (Å²) in [6.45, 7) is 0. The van der Waals surface area contributed by atoms with Gasteiger partial charge in [0.05, 0.1) is 28.1 Å². The third kappa shape index (κ3) is 5.16. The molecular weight excluding hydrogens is 685 g/mol. The fraction of sp³-hybridized carbons (Fsp3) is 0. The zero-order valence-corrected chi connectivity index (χ0v) is 30.7. The van der Waals surface area contributed by atoms with Crippen LogP contribution in [0.4, 0.5) is 17.1 Å². The molecule has 0 bridgehead atoms. The van der Waals surface area contributed by atoms with Crippen molar-refractivity contribution in [1.29, 1.82) is 0 Å². The second kappa shape index (κ2) is 12.9. The lowest BCUT2D eigenvalue weighted by Crippen LogP contribution is -2.14. The van der Waals surface area contributed by atoms with Crippen molar-refractivity contribution in [3.8, 4) is 27.9 Å². The second-order valence-electron chi connectivity index (χ2n) is 14.1. The van der Waals surface area contributed by atoms with E-state index in [-0.39, 0.29) is 0 Å². The average molecular weight is 719 g/mol. The van der Waals surface area contributed by atoms with Crippen LogP contribution in [0.2, 0.25) is 0 Å². The first kappa shape index (κ1) is 31.6. The number of aromatic nitrogens is 1. The Morgan fingerprint density at radius 3 is 1.78 bits per heavy atom. The number of anilines is 3. The number of para-hydroxylation sites is 5. The monoisotopic (exact) mass is 718 g/mol. The van der Waals surface area contributed by atoms with Crippen molar-refractivity contribution in [2.24, 2.45) is 0 Å². The molecule has 0 N–H and O–H groups in total. The van der Waals surface area contributed by atoms with Gasteiger partial charge in [-0.1, -0.05) is 146 Å². The van der Waals surface area contributed by atoms with Crippen LogP contribution in [0.1, 0.15) is 0 Å². The second-order valence-corrected chi connectivity index (χ2v) is 15.2. The van der Waals surface area contributed by atoms with Crippen LogP contribution >= 0.6 is 11.3 Å². The molecule has 0 amide bonds. The van der Waals surface area contributed by atoms with Crippen molar-refractivity contribution >= 4 is 81.1 Å². The van der Waals surface area contributed by atoms with E-state index in [1.165, 1.54) is 75.0 Å². The Labute approximate surface area is 323 Å². The molecule has 11 rings (SSSR count). The van der Waals surface area contributed by atoms with E-state index in [1.807, 2.05) is 11.3 Å². The van der Waals surface area contributed by atoms with Crippen LogP contribution < -0.4 is 4.90 Å². The van der Waals surface area contributed by atoms with Crippen molar-refractivity contribution in [2.75, 3.05) is 4.90 Å². The molecule has 0 aliphatic carbocycles. The topological polar surface area (TPSA) is 8.17 Å². The summed E-state index contributed by atoms with van der Waals surface area (Å²) in [4.78, 5) is 2.47. The number of nitrogens with zero attached hydrogens (tertiary/aromatic N) is 2. The minimum atomic E-state index is 1.09. The highest BCUT2D eigenvalue weighted by atomic mass is 32.1. The van der Waals surface area contributed by atoms with E-state index in [9.17, 15) is 0 Å². The Kier molecular flexibility index (Phi) is 7.39. The number of hydrogen-bond acceptors (Lipinski definition) is 2. The molecule has 2 nitrogen and oxygen atoms in total. The van der Waals surface area contributed by atoms with Crippen LogP contribution in [-0.4, -0.2) is 4.57 Å². The van der Waals surface area contributed by atoms with Gasteiger partial charge in [0.2, 0.25) is 0 Å². The van der Waals surface area contributed by atoms with Gasteiger partial charge in [-0.2, -0.15) is 0 Å². The molecule has 0 saturated carbocycles. The Balaban J connectivity index is 1.19. The average Bonchev–Trinajstić information content (AvgIpc) is 3.80. The van der Waals surface area contributed by atoms with Gasteiger partial charge in [0, 0.05) is 42.2 Å². The first-order valence-electron chi connectivity index (χ1n) is 18.8. The molecule has 55 heavy (non-hydrogen) atoms. The maximum absolute atomic E-state index is 2.47. The smallest absolute Gasteiger partial charge is 0.0702 e. The summed E-state index contributed by atoms with van der Waals surface area (Å²) in [6, 6.07) is 75.3. The summed E-state index contributed by atoms with van der Waals surface area (Å²) in [5.41, 5.74) is 11.5. The van der Waals surface area contributed by atoms with Crippen molar-refractivity contribution in [3.05, 3.63) is 206 Å². The molecule has 0 atom stereocenters. The Morgan fingerprint density at radius 1 is 0.364 bits per heavy atom. The van der Waals surface area contributed by atoms with Gasteiger partial charge in [-0.05, 0) is 88.1 Å². The molecule has 0 aliphatic rings. The maximum Gasteiger partial charge on any atom is 0.0702 e. The normalized spacial score (nSPS) is 11.6. The molecule has 0 fully saturated rings. The van der Waals surface area contributed by atoms with Crippen molar-refractivity contribution in [1.82, 2.24) is 4.57 Å². The summed E-state index contributed by atoms with van der Waals surface area (Å²) in [5, 5.41) is 7.57. The lowest BCUT2D eigenvalue weighted by molar-refractivity contribution is 1.15. The molecule has 11 aromatic rings. The molecule has 0 aliphatic heterocycles. The van der Waals surface area contributed by atoms with Gasteiger partial charge in [0.1, 0.15) is 0 Å². The third-order valence-corrected chi connectivity index (χ3v) is 12.1. The molecule has 9 aromatic carbocycles. The van der Waals surface area contributed by atoms with E-state index in [1.54, 1.807) is 0 Å². The van der Waals surface area contributed by atoms with E-state index < -0.39 is 0 Å². The van der Waals surface area contributed by atoms with Crippen molar-refractivity contribution in [3.63, 3.8) is 0 Å². The van der Waals surface area contributed by atoms with E-state index in [0.29, 0.717) is 0 Å². The van der Waals surface area contributed by atoms with Crippen molar-refractivity contribution < 1.29 is 0 Å². The van der Waals surface area contributed by atoms with Gasteiger partial charge in [0.15, 0.2) is 0 Å². The molecule has 2 heterocycles. The van der Waals surface area contributed by atoms with Gasteiger partial charge < -0.3 is 9.47 Å². The van der Waals surface area contributed by atoms with E-state index in [2.05, 4.69) is 216 Å². The summed E-state index contributed by atoms with van der Waals surface area (Å²) in [6.07, 6.45) is 0. The zero-order chi connectivity index (χ0) is 36.3. The molecule has 3 heteroatoms. The largest absolute Gasteiger partial charge is 0.308 e. The van der Waals surface area contributed by atoms with Gasteiger partial charge in [-0.3, -0.25) is 0 Å². The SMILES string of the molecule is c1cc(-c2cccc3ccccc23)cc(N(c2ccccc2-c2ccc3sc4ccccc4c3c2)c2ccccc2-n2c3ccccc3c3ccccc32)c1. The highest BCUT2D eigenvalue weighted by Crippen LogP contribution is 2.47. The maximum atomic E-state index is 2.47. The van der Waals surface area contributed by atoms with E-state index in [0.717, 1.165) is 22.7 Å². The number of hydrogen-bond donors (Lipinski definition) is 0. The third-order valence-electron chi connectivity index (χ3n) is 11.0. The molecule has 0 unspecified atom stereocenters. The van der Waals surface area contributed by atoms with Gasteiger partial charge in [0.25, 0.3) is 0 Å². The van der Waals surface area contributed by atoms with Crippen LogP contribution in [0.25, 0.3) is 80.7 Å². The standard InChI is InChI=1S/C52H34N2S/c1-2-19-39-35(15-1)16-14-24-40(39)36-17-13-18-38(33-36)53(46-25-7-3-20-41(46)37-31-32-52-45(34-37)44-23-6-12-30-51(44)55-52)49-28-10-11-29-50(49)54-47-26-8-4-21-42(47)43-22-5-9-27-48(43)54/h1-34H.